The Hall–Kier alpha value is -4.11. The fourth-order valence-corrected chi connectivity index (χ4v) is 5.64. The van der Waals surface area contributed by atoms with Crippen molar-refractivity contribution in [2.45, 2.75) is 32.0 Å². The van der Waals surface area contributed by atoms with E-state index in [4.69, 9.17) is 4.74 Å². The molecule has 1 aliphatic rings. The Kier molecular flexibility index (Phi) is 8.21. The van der Waals surface area contributed by atoms with E-state index in [2.05, 4.69) is 10.2 Å². The molecule has 0 aliphatic carbocycles. The van der Waals surface area contributed by atoms with E-state index in [-0.39, 0.29) is 23.6 Å². The highest BCUT2D eigenvalue weighted by atomic mass is 32.2. The lowest BCUT2D eigenvalue weighted by Crippen LogP contribution is -2.55. The van der Waals surface area contributed by atoms with E-state index < -0.39 is 0 Å². The number of aromatic nitrogens is 3. The zero-order chi connectivity index (χ0) is 28.2. The maximum Gasteiger partial charge on any atom is 0.254 e. The number of hydrogen-bond donors (Lipinski definition) is 0. The fourth-order valence-electron chi connectivity index (χ4n) is 4.78. The van der Waals surface area contributed by atoms with E-state index in [0.717, 1.165) is 28.1 Å². The number of hydrogen-bond acceptors (Lipinski definition) is 6. The van der Waals surface area contributed by atoms with Gasteiger partial charge in [0.05, 0.1) is 12.9 Å². The second kappa shape index (κ2) is 12.0. The van der Waals surface area contributed by atoms with Crippen molar-refractivity contribution in [1.82, 2.24) is 24.6 Å². The van der Waals surface area contributed by atoms with Gasteiger partial charge in [-0.2, -0.15) is 0 Å². The number of carbonyl (C=O) groups is 2. The van der Waals surface area contributed by atoms with Gasteiger partial charge in [0, 0.05) is 42.5 Å². The van der Waals surface area contributed by atoms with Gasteiger partial charge in [-0.15, -0.1) is 10.2 Å². The summed E-state index contributed by atoms with van der Waals surface area (Å²) in [6, 6.07) is 23.4. The van der Waals surface area contributed by atoms with Gasteiger partial charge in [0.15, 0.2) is 11.0 Å². The predicted octanol–water partition coefficient (Wildman–Crippen LogP) is 5.02. The topological polar surface area (TPSA) is 80.6 Å². The van der Waals surface area contributed by atoms with Crippen LogP contribution in [0.2, 0.25) is 0 Å². The van der Waals surface area contributed by atoms with Gasteiger partial charge in [-0.25, -0.2) is 0 Å². The highest BCUT2D eigenvalue weighted by Gasteiger charge is 2.30. The molecule has 0 bridgehead atoms. The summed E-state index contributed by atoms with van der Waals surface area (Å²) in [6.45, 7) is 7.54. The average molecular weight is 556 g/mol. The number of aryl methyl sites for hydroxylation is 2. The highest BCUT2D eigenvalue weighted by Crippen LogP contribution is 2.29. The first-order valence-corrected chi connectivity index (χ1v) is 14.3. The van der Waals surface area contributed by atoms with Crippen LogP contribution < -0.4 is 4.74 Å². The first-order chi connectivity index (χ1) is 19.3. The Labute approximate surface area is 239 Å². The van der Waals surface area contributed by atoms with Crippen molar-refractivity contribution in [3.8, 4) is 22.8 Å². The Morgan fingerprint density at radius 3 is 2.17 bits per heavy atom. The lowest BCUT2D eigenvalue weighted by Gasteiger charge is -2.40. The van der Waals surface area contributed by atoms with Crippen LogP contribution in [-0.2, 0) is 4.79 Å². The molecule has 206 valence electrons. The molecule has 1 fully saturated rings. The van der Waals surface area contributed by atoms with Gasteiger partial charge in [0.2, 0.25) is 5.91 Å². The van der Waals surface area contributed by atoms with Crippen molar-refractivity contribution in [2.24, 2.45) is 0 Å². The molecule has 1 saturated heterocycles. The number of carbonyl (C=O) groups excluding carboxylic acids is 2. The van der Waals surface area contributed by atoms with E-state index in [9.17, 15) is 9.59 Å². The Bertz CT molecular complexity index is 1480. The van der Waals surface area contributed by atoms with E-state index in [1.807, 2.05) is 108 Å². The van der Waals surface area contributed by atoms with Gasteiger partial charge in [0.25, 0.3) is 5.91 Å². The third kappa shape index (κ3) is 5.89. The van der Waals surface area contributed by atoms with Crippen LogP contribution in [0.1, 0.15) is 28.4 Å². The van der Waals surface area contributed by atoms with Crippen molar-refractivity contribution in [3.05, 3.63) is 89.5 Å². The molecule has 1 atom stereocenters. The Balaban J connectivity index is 1.29. The van der Waals surface area contributed by atoms with Crippen LogP contribution in [0.4, 0.5) is 0 Å². The molecule has 8 nitrogen and oxygen atoms in total. The largest absolute Gasteiger partial charge is 0.497 e. The van der Waals surface area contributed by atoms with Crippen molar-refractivity contribution in [3.63, 3.8) is 0 Å². The number of methoxy groups -OCH3 is 1. The van der Waals surface area contributed by atoms with Gasteiger partial charge in [-0.1, -0.05) is 59.3 Å². The maximum absolute atomic E-state index is 13.3. The number of benzene rings is 3. The summed E-state index contributed by atoms with van der Waals surface area (Å²) >= 11 is 1.37. The molecule has 2 amide bonds. The monoisotopic (exact) mass is 555 g/mol. The summed E-state index contributed by atoms with van der Waals surface area (Å²) in [6.07, 6.45) is 0. The number of nitrogens with zero attached hydrogens (tertiary/aromatic N) is 5. The van der Waals surface area contributed by atoms with Gasteiger partial charge < -0.3 is 14.5 Å². The van der Waals surface area contributed by atoms with E-state index in [1.165, 1.54) is 11.8 Å². The molecule has 4 aromatic rings. The molecule has 0 N–H and O–H groups in total. The van der Waals surface area contributed by atoms with Crippen LogP contribution in [-0.4, -0.2) is 74.9 Å². The Morgan fingerprint density at radius 1 is 0.900 bits per heavy atom. The molecule has 40 heavy (non-hydrogen) atoms. The van der Waals surface area contributed by atoms with Crippen molar-refractivity contribution in [2.75, 3.05) is 32.5 Å². The summed E-state index contributed by atoms with van der Waals surface area (Å²) in [4.78, 5) is 30.0. The summed E-state index contributed by atoms with van der Waals surface area (Å²) in [7, 11) is 1.64. The molecule has 0 radical (unpaired) electrons. The number of ether oxygens (including phenoxy) is 1. The average Bonchev–Trinajstić information content (AvgIpc) is 3.40. The van der Waals surface area contributed by atoms with Gasteiger partial charge in [0.1, 0.15) is 5.75 Å². The molecule has 9 heteroatoms. The molecule has 1 unspecified atom stereocenters. The van der Waals surface area contributed by atoms with E-state index in [1.54, 1.807) is 7.11 Å². The van der Waals surface area contributed by atoms with Crippen LogP contribution in [0.25, 0.3) is 17.1 Å². The van der Waals surface area contributed by atoms with Crippen LogP contribution in [0.5, 0.6) is 5.75 Å². The zero-order valence-corrected chi connectivity index (χ0v) is 24.0. The Morgan fingerprint density at radius 2 is 1.55 bits per heavy atom. The molecular formula is C31H33N5O3S. The number of piperazine rings is 1. The first-order valence-electron chi connectivity index (χ1n) is 13.3. The van der Waals surface area contributed by atoms with Crippen LogP contribution in [0, 0.1) is 13.8 Å². The zero-order valence-electron chi connectivity index (χ0n) is 23.2. The fraction of sp³-hybridized carbons (Fsp3) is 0.290. The molecule has 0 saturated carbocycles. The lowest BCUT2D eigenvalue weighted by atomic mass is 10.1. The SMILES string of the molecule is COc1ccc(-n2c(SCC(=O)N3CCN(C(=O)c4ccc(C)cc4)C(C)C3)nnc2-c2ccc(C)cc2)cc1. The number of rotatable bonds is 7. The molecule has 0 spiro atoms. The summed E-state index contributed by atoms with van der Waals surface area (Å²) < 4.78 is 7.31. The number of thioether (sulfide) groups is 1. The molecular weight excluding hydrogens is 522 g/mol. The van der Waals surface area contributed by atoms with Crippen molar-refractivity contribution in [1.29, 1.82) is 0 Å². The minimum absolute atomic E-state index is 0.00482. The third-order valence-electron chi connectivity index (χ3n) is 7.14. The lowest BCUT2D eigenvalue weighted by molar-refractivity contribution is -0.130. The van der Waals surface area contributed by atoms with Crippen LogP contribution in [0.3, 0.4) is 0 Å². The van der Waals surface area contributed by atoms with E-state index >= 15 is 0 Å². The minimum atomic E-state index is -0.0763. The molecule has 2 heterocycles. The van der Waals surface area contributed by atoms with Crippen LogP contribution >= 0.6 is 11.8 Å². The van der Waals surface area contributed by atoms with Crippen molar-refractivity contribution >= 4 is 23.6 Å². The summed E-state index contributed by atoms with van der Waals surface area (Å²) in [5, 5.41) is 9.59. The quantitative estimate of drug-likeness (QED) is 0.298. The third-order valence-corrected chi connectivity index (χ3v) is 8.05. The number of amides is 2. The first kappa shape index (κ1) is 27.5. The van der Waals surface area contributed by atoms with Gasteiger partial charge in [-0.3, -0.25) is 14.2 Å². The van der Waals surface area contributed by atoms with Crippen molar-refractivity contribution < 1.29 is 14.3 Å². The molecule has 5 rings (SSSR count). The molecule has 3 aromatic carbocycles. The highest BCUT2D eigenvalue weighted by molar-refractivity contribution is 7.99. The minimum Gasteiger partial charge on any atom is -0.497 e. The standard InChI is InChI=1S/C31H33N5O3S/c1-21-5-9-24(10-6-21)29-32-33-31(36(29)26-13-15-27(39-4)16-14-26)40-20-28(37)34-17-18-35(23(3)19-34)30(38)25-11-7-22(2)8-12-25/h5-16,23H,17-20H2,1-4H3. The van der Waals surface area contributed by atoms with E-state index in [0.29, 0.717) is 36.2 Å². The van der Waals surface area contributed by atoms with Crippen LogP contribution in [0.15, 0.2) is 78.0 Å². The predicted molar refractivity (Wildman–Crippen MR) is 157 cm³/mol. The molecule has 1 aromatic heterocycles. The normalized spacial score (nSPS) is 15.2. The van der Waals surface area contributed by atoms with Gasteiger partial charge >= 0.3 is 0 Å². The molecule has 1 aliphatic heterocycles. The second-order valence-corrected chi connectivity index (χ2v) is 11.0. The smallest absolute Gasteiger partial charge is 0.254 e. The summed E-state index contributed by atoms with van der Waals surface area (Å²) in [5.74, 6) is 1.70. The maximum atomic E-state index is 13.3. The second-order valence-electron chi connectivity index (χ2n) is 10.0. The summed E-state index contributed by atoms with van der Waals surface area (Å²) in [5.41, 5.74) is 4.78. The van der Waals surface area contributed by atoms with Gasteiger partial charge in [-0.05, 0) is 57.2 Å².